The van der Waals surface area contributed by atoms with Crippen molar-refractivity contribution in [2.75, 3.05) is 19.7 Å². The first kappa shape index (κ1) is 14.1. The van der Waals surface area contributed by atoms with E-state index in [1.165, 1.54) is 12.8 Å². The van der Waals surface area contributed by atoms with Crippen LogP contribution in [0.1, 0.15) is 45.4 Å². The summed E-state index contributed by atoms with van der Waals surface area (Å²) < 4.78 is 5.09. The normalized spacial score (nSPS) is 35.3. The number of nitrogens with zero attached hydrogens (tertiary/aromatic N) is 2. The number of rotatable bonds is 2. The summed E-state index contributed by atoms with van der Waals surface area (Å²) in [6, 6.07) is 2.44. The number of piperidine rings is 2. The highest BCUT2D eigenvalue weighted by Gasteiger charge is 2.43. The van der Waals surface area contributed by atoms with Gasteiger partial charge in [-0.15, -0.1) is 0 Å². The third-order valence-corrected chi connectivity index (χ3v) is 5.24. The minimum absolute atomic E-state index is 0.144. The molecule has 3 heterocycles. The predicted molar refractivity (Wildman–Crippen MR) is 77.5 cm³/mol. The maximum absolute atomic E-state index is 11.7. The SMILES string of the molecule is CCOC(=O)N1CCC(N2C3CCC2CC(N)C3)CC1. The lowest BCUT2D eigenvalue weighted by Gasteiger charge is -2.45. The van der Waals surface area contributed by atoms with Gasteiger partial charge in [0.05, 0.1) is 6.61 Å². The zero-order valence-electron chi connectivity index (χ0n) is 12.5. The van der Waals surface area contributed by atoms with E-state index >= 15 is 0 Å². The number of hydrogen-bond donors (Lipinski definition) is 1. The number of amides is 1. The largest absolute Gasteiger partial charge is 0.450 e. The molecule has 5 nitrogen and oxygen atoms in total. The van der Waals surface area contributed by atoms with Crippen LogP contribution in [-0.2, 0) is 4.74 Å². The van der Waals surface area contributed by atoms with Crippen molar-refractivity contribution in [3.63, 3.8) is 0 Å². The van der Waals surface area contributed by atoms with Gasteiger partial charge in [-0.05, 0) is 45.4 Å². The number of carbonyl (C=O) groups is 1. The summed E-state index contributed by atoms with van der Waals surface area (Å²) in [5.74, 6) is 0. The van der Waals surface area contributed by atoms with Crippen molar-refractivity contribution < 1.29 is 9.53 Å². The highest BCUT2D eigenvalue weighted by Crippen LogP contribution is 2.38. The molecule has 0 saturated carbocycles. The molecule has 5 heteroatoms. The molecule has 114 valence electrons. The Morgan fingerprint density at radius 3 is 2.25 bits per heavy atom. The number of hydrogen-bond acceptors (Lipinski definition) is 4. The van der Waals surface area contributed by atoms with E-state index in [0.29, 0.717) is 30.8 Å². The molecule has 20 heavy (non-hydrogen) atoms. The zero-order chi connectivity index (χ0) is 14.1. The molecule has 3 aliphatic rings. The molecule has 3 aliphatic heterocycles. The van der Waals surface area contributed by atoms with Gasteiger partial charge in [0, 0.05) is 37.3 Å². The average molecular weight is 281 g/mol. The van der Waals surface area contributed by atoms with Crippen molar-refractivity contribution in [2.45, 2.75) is 69.6 Å². The fourth-order valence-electron chi connectivity index (χ4n) is 4.41. The monoisotopic (exact) mass is 281 g/mol. The van der Waals surface area contributed by atoms with Crippen LogP contribution in [0.3, 0.4) is 0 Å². The zero-order valence-corrected chi connectivity index (χ0v) is 12.5. The minimum atomic E-state index is -0.144. The molecule has 2 N–H and O–H groups in total. The Morgan fingerprint density at radius 1 is 1.10 bits per heavy atom. The number of fused-ring (bicyclic) bond motifs is 2. The molecule has 1 amide bonds. The van der Waals surface area contributed by atoms with E-state index in [1.807, 2.05) is 11.8 Å². The first-order chi connectivity index (χ1) is 9.69. The van der Waals surface area contributed by atoms with Crippen LogP contribution in [-0.4, -0.2) is 59.8 Å². The van der Waals surface area contributed by atoms with Crippen molar-refractivity contribution in [3.8, 4) is 0 Å². The van der Waals surface area contributed by atoms with Crippen LogP contribution in [0.4, 0.5) is 4.79 Å². The summed E-state index contributed by atoms with van der Waals surface area (Å²) in [7, 11) is 0. The molecule has 3 saturated heterocycles. The molecule has 3 fully saturated rings. The summed E-state index contributed by atoms with van der Waals surface area (Å²) >= 11 is 0. The number of likely N-dealkylation sites (tertiary alicyclic amines) is 1. The van der Waals surface area contributed by atoms with Crippen LogP contribution in [0, 0.1) is 0 Å². The molecule has 0 radical (unpaired) electrons. The van der Waals surface area contributed by atoms with Gasteiger partial charge in [0.2, 0.25) is 0 Å². The van der Waals surface area contributed by atoms with Crippen LogP contribution in [0.2, 0.25) is 0 Å². The fraction of sp³-hybridized carbons (Fsp3) is 0.933. The molecule has 2 unspecified atom stereocenters. The third kappa shape index (κ3) is 2.66. The van der Waals surface area contributed by atoms with Gasteiger partial charge in [0.1, 0.15) is 0 Å². The number of nitrogens with two attached hydrogens (primary N) is 1. The summed E-state index contributed by atoms with van der Waals surface area (Å²) in [6.45, 7) is 4.00. The van der Waals surface area contributed by atoms with Crippen molar-refractivity contribution in [1.29, 1.82) is 0 Å². The summed E-state index contributed by atoms with van der Waals surface area (Å²) in [5.41, 5.74) is 6.15. The molecule has 0 aliphatic carbocycles. The van der Waals surface area contributed by atoms with Crippen LogP contribution in [0.15, 0.2) is 0 Å². The van der Waals surface area contributed by atoms with Gasteiger partial charge < -0.3 is 15.4 Å². The van der Waals surface area contributed by atoms with E-state index in [-0.39, 0.29) is 6.09 Å². The molecule has 2 bridgehead atoms. The molecule has 3 rings (SSSR count). The molecule has 0 spiro atoms. The van der Waals surface area contributed by atoms with E-state index < -0.39 is 0 Å². The molecule has 0 aromatic heterocycles. The van der Waals surface area contributed by atoms with Gasteiger partial charge in [-0.1, -0.05) is 0 Å². The van der Waals surface area contributed by atoms with Gasteiger partial charge in [0.15, 0.2) is 0 Å². The van der Waals surface area contributed by atoms with E-state index in [4.69, 9.17) is 10.5 Å². The lowest BCUT2D eigenvalue weighted by Crippen LogP contribution is -2.55. The van der Waals surface area contributed by atoms with Gasteiger partial charge in [0.25, 0.3) is 0 Å². The molecular weight excluding hydrogens is 254 g/mol. The first-order valence-electron chi connectivity index (χ1n) is 8.13. The van der Waals surface area contributed by atoms with E-state index in [1.54, 1.807) is 0 Å². The second-order valence-electron chi connectivity index (χ2n) is 6.48. The predicted octanol–water partition coefficient (Wildman–Crippen LogP) is 1.56. The summed E-state index contributed by atoms with van der Waals surface area (Å²) in [4.78, 5) is 16.3. The molecular formula is C15H27N3O2. The number of ether oxygens (including phenoxy) is 1. The van der Waals surface area contributed by atoms with Crippen LogP contribution >= 0.6 is 0 Å². The fourth-order valence-corrected chi connectivity index (χ4v) is 4.41. The third-order valence-electron chi connectivity index (χ3n) is 5.24. The topological polar surface area (TPSA) is 58.8 Å². The highest BCUT2D eigenvalue weighted by atomic mass is 16.6. The van der Waals surface area contributed by atoms with Gasteiger partial charge in [-0.25, -0.2) is 4.79 Å². The van der Waals surface area contributed by atoms with Gasteiger partial charge in [-0.2, -0.15) is 0 Å². The van der Waals surface area contributed by atoms with Gasteiger partial charge >= 0.3 is 6.09 Å². The Labute approximate surface area is 121 Å². The Hall–Kier alpha value is -0.810. The Kier molecular flexibility index (Phi) is 4.17. The quantitative estimate of drug-likeness (QED) is 0.834. The second kappa shape index (κ2) is 5.90. The van der Waals surface area contributed by atoms with E-state index in [0.717, 1.165) is 38.8 Å². The molecule has 0 aromatic carbocycles. The maximum atomic E-state index is 11.7. The van der Waals surface area contributed by atoms with E-state index in [9.17, 15) is 4.79 Å². The van der Waals surface area contributed by atoms with Crippen LogP contribution < -0.4 is 5.73 Å². The van der Waals surface area contributed by atoms with Crippen molar-refractivity contribution >= 4 is 6.09 Å². The van der Waals surface area contributed by atoms with Crippen molar-refractivity contribution in [3.05, 3.63) is 0 Å². The molecule has 0 aromatic rings. The Balaban J connectivity index is 1.55. The minimum Gasteiger partial charge on any atom is -0.450 e. The van der Waals surface area contributed by atoms with E-state index in [2.05, 4.69) is 4.90 Å². The smallest absolute Gasteiger partial charge is 0.409 e. The summed E-state index contributed by atoms with van der Waals surface area (Å²) in [5, 5.41) is 0. The first-order valence-corrected chi connectivity index (χ1v) is 8.13. The number of carbonyl (C=O) groups excluding carboxylic acids is 1. The van der Waals surface area contributed by atoms with Crippen LogP contribution in [0.5, 0.6) is 0 Å². The van der Waals surface area contributed by atoms with Crippen molar-refractivity contribution in [2.24, 2.45) is 5.73 Å². The summed E-state index contributed by atoms with van der Waals surface area (Å²) in [6.07, 6.45) is 6.98. The standard InChI is InChI=1S/C15H27N3O2/c1-2-20-15(19)17-7-5-12(6-8-17)18-13-3-4-14(18)10-11(16)9-13/h11-14H,2-10,16H2,1H3. The maximum Gasteiger partial charge on any atom is 0.409 e. The Morgan fingerprint density at radius 2 is 1.70 bits per heavy atom. The average Bonchev–Trinajstić information content (AvgIpc) is 2.71. The molecule has 2 atom stereocenters. The van der Waals surface area contributed by atoms with Crippen molar-refractivity contribution in [1.82, 2.24) is 9.80 Å². The Bertz CT molecular complexity index is 341. The highest BCUT2D eigenvalue weighted by molar-refractivity contribution is 5.67. The lowest BCUT2D eigenvalue weighted by molar-refractivity contribution is 0.0339. The second-order valence-corrected chi connectivity index (χ2v) is 6.48. The lowest BCUT2D eigenvalue weighted by atomic mass is 9.93. The van der Waals surface area contributed by atoms with Gasteiger partial charge in [-0.3, -0.25) is 4.90 Å². The van der Waals surface area contributed by atoms with Crippen LogP contribution in [0.25, 0.3) is 0 Å².